The summed E-state index contributed by atoms with van der Waals surface area (Å²) in [6.45, 7) is -0.363. The number of rotatable bonds is 6. The zero-order chi connectivity index (χ0) is 35.2. The second-order valence-electron chi connectivity index (χ2n) is 12.6. The Morgan fingerprint density at radius 2 is 1.74 bits per heavy atom. The van der Waals surface area contributed by atoms with E-state index in [-0.39, 0.29) is 39.5 Å². The highest BCUT2D eigenvalue weighted by Gasteiger charge is 2.70. The van der Waals surface area contributed by atoms with E-state index in [1.54, 1.807) is 24.3 Å². The number of fused-ring (bicyclic) bond motifs is 9. The molecule has 4 aliphatic rings. The van der Waals surface area contributed by atoms with Crippen LogP contribution in [0.4, 0.5) is 24.5 Å². The maximum absolute atomic E-state index is 14.1. The zero-order valence-corrected chi connectivity index (χ0v) is 30.0. The number of thioether (sulfide) groups is 1. The number of imide groups is 1. The molecule has 0 spiro atoms. The van der Waals surface area contributed by atoms with Crippen LogP contribution in [0.1, 0.15) is 28.3 Å². The molecular weight excluding hydrogens is 802 g/mol. The van der Waals surface area contributed by atoms with Gasteiger partial charge in [-0.1, -0.05) is 62.6 Å². The molecule has 3 amide bonds. The van der Waals surface area contributed by atoms with Gasteiger partial charge in [0, 0.05) is 31.8 Å². The first-order valence-corrected chi connectivity index (χ1v) is 18.7. The number of aromatic amines is 1. The number of benzene rings is 3. The molecule has 1 aromatic heterocycles. The van der Waals surface area contributed by atoms with E-state index >= 15 is 0 Å². The van der Waals surface area contributed by atoms with Crippen molar-refractivity contribution in [2.24, 2.45) is 29.6 Å². The van der Waals surface area contributed by atoms with Gasteiger partial charge in [-0.25, -0.2) is 4.90 Å². The lowest BCUT2D eigenvalue weighted by atomic mass is 9.68. The molecule has 1 saturated heterocycles. The van der Waals surface area contributed by atoms with Crippen LogP contribution in [0, 0.1) is 29.6 Å². The number of aromatic nitrogens is 1. The van der Waals surface area contributed by atoms with Gasteiger partial charge in [-0.15, -0.1) is 11.8 Å². The fraction of sp³-hybridized carbons (Fsp3) is 0.294. The predicted octanol–water partition coefficient (Wildman–Crippen LogP) is 8.22. The van der Waals surface area contributed by atoms with Crippen molar-refractivity contribution in [1.82, 2.24) is 4.98 Å². The zero-order valence-electron chi connectivity index (χ0n) is 25.3. The number of carbonyl (C=O) groups excluding carboxylic acids is 3. The standard InChI is InChI=1S/C34H23BrCl2F3N3O5S2/c35-13-5-8-22(48-12-23(44)41-14-6-7-19(36)20(37)10-14)15(9-13)24-25-16-11-17(28(25)49-30-29(24)50-33(47)42-30)27-26(16)31(45)43(32(27)46)21-4-2-1-3-18(21)34(38,39)40/h1-10,16-17,24-28H,11-12H2,(H,41,44)(H,42,47)/t16-,17-,24-,25?,26?,27?,28?/m1/s1. The first-order valence-electron chi connectivity index (χ1n) is 15.4. The number of thiazole rings is 1. The van der Waals surface area contributed by atoms with Crippen LogP contribution in [-0.2, 0) is 20.6 Å². The molecule has 8 rings (SSSR count). The van der Waals surface area contributed by atoms with Crippen LogP contribution < -0.4 is 19.8 Å². The van der Waals surface area contributed by atoms with Crippen molar-refractivity contribution in [3.63, 3.8) is 0 Å². The van der Waals surface area contributed by atoms with E-state index in [2.05, 4.69) is 26.2 Å². The van der Waals surface area contributed by atoms with Gasteiger partial charge in [-0.05, 0) is 72.7 Å². The number of ether oxygens (including phenoxy) is 1. The van der Waals surface area contributed by atoms with Gasteiger partial charge in [0.05, 0.1) is 38.2 Å². The van der Waals surface area contributed by atoms with Crippen LogP contribution in [0.25, 0.3) is 0 Å². The summed E-state index contributed by atoms with van der Waals surface area (Å²) in [6.07, 6.45) is -4.23. The molecule has 2 saturated carbocycles. The first-order chi connectivity index (χ1) is 23.8. The van der Waals surface area contributed by atoms with Crippen molar-refractivity contribution in [2.45, 2.75) is 28.8 Å². The molecular formula is C34H23BrCl2F3N3O5S2. The summed E-state index contributed by atoms with van der Waals surface area (Å²) < 4.78 is 48.9. The molecule has 258 valence electrons. The number of hydrogen-bond donors (Lipinski definition) is 2. The Morgan fingerprint density at radius 3 is 2.48 bits per heavy atom. The minimum Gasteiger partial charge on any atom is -0.483 e. The normalized spacial score (nSPS) is 26.5. The summed E-state index contributed by atoms with van der Waals surface area (Å²) in [5.41, 5.74) is -0.399. The topological polar surface area (TPSA) is 109 Å². The molecule has 3 heterocycles. The van der Waals surface area contributed by atoms with Gasteiger partial charge in [0.25, 0.3) is 5.91 Å². The third-order valence-corrected chi connectivity index (χ3v) is 13.9. The summed E-state index contributed by atoms with van der Waals surface area (Å²) in [4.78, 5) is 57.9. The van der Waals surface area contributed by atoms with E-state index in [9.17, 15) is 32.3 Å². The van der Waals surface area contributed by atoms with E-state index in [0.29, 0.717) is 37.9 Å². The van der Waals surface area contributed by atoms with Crippen molar-refractivity contribution in [3.05, 3.63) is 101 Å². The van der Waals surface area contributed by atoms with Crippen LogP contribution in [0.15, 0.2) is 75.0 Å². The summed E-state index contributed by atoms with van der Waals surface area (Å²) in [7, 11) is 0. The van der Waals surface area contributed by atoms with Crippen molar-refractivity contribution in [2.75, 3.05) is 16.8 Å². The number of H-pyrrole nitrogens is 1. The van der Waals surface area contributed by atoms with Gasteiger partial charge in [-0.2, -0.15) is 13.2 Å². The van der Waals surface area contributed by atoms with Gasteiger partial charge in [0.15, 0.2) is 6.61 Å². The molecule has 8 nitrogen and oxygen atoms in total. The molecule has 3 fully saturated rings. The van der Waals surface area contributed by atoms with Gasteiger partial charge < -0.3 is 15.0 Å². The minimum atomic E-state index is -4.77. The number of alkyl halides is 3. The molecule has 2 aliphatic heterocycles. The number of para-hydroxylation sites is 1. The second-order valence-corrected chi connectivity index (χ2v) is 16.6. The van der Waals surface area contributed by atoms with Crippen molar-refractivity contribution >= 4 is 91.3 Å². The van der Waals surface area contributed by atoms with E-state index in [1.807, 2.05) is 6.07 Å². The first kappa shape index (κ1) is 33.8. The Morgan fingerprint density at radius 1 is 1.00 bits per heavy atom. The summed E-state index contributed by atoms with van der Waals surface area (Å²) >= 11 is 18.1. The van der Waals surface area contributed by atoms with Crippen LogP contribution in [0.3, 0.4) is 0 Å². The average molecular weight is 826 g/mol. The second kappa shape index (κ2) is 12.4. The molecule has 2 N–H and O–H groups in total. The smallest absolute Gasteiger partial charge is 0.418 e. The van der Waals surface area contributed by atoms with Gasteiger partial charge in [-0.3, -0.25) is 19.2 Å². The van der Waals surface area contributed by atoms with Gasteiger partial charge in [0.2, 0.25) is 11.8 Å². The molecule has 0 radical (unpaired) electrons. The Labute approximate surface area is 308 Å². The van der Waals surface area contributed by atoms with Gasteiger partial charge >= 0.3 is 11.0 Å². The Hall–Kier alpha value is -3.30. The molecule has 2 aliphatic carbocycles. The number of carbonyl (C=O) groups is 3. The Bertz CT molecular complexity index is 2160. The molecule has 7 atom stereocenters. The van der Waals surface area contributed by atoms with E-state index in [0.717, 1.165) is 33.2 Å². The third-order valence-electron chi connectivity index (χ3n) is 10.0. The highest BCUT2D eigenvalue weighted by Crippen LogP contribution is 2.69. The number of nitrogens with zero attached hydrogens (tertiary/aromatic N) is 1. The molecule has 3 aromatic carbocycles. The quantitative estimate of drug-likeness (QED) is 0.190. The third kappa shape index (κ3) is 5.49. The van der Waals surface area contributed by atoms with Crippen LogP contribution in [0.2, 0.25) is 10.0 Å². The number of amides is 3. The summed E-state index contributed by atoms with van der Waals surface area (Å²) in [5.74, 6) is -4.33. The maximum atomic E-state index is 14.1. The number of halogens is 6. The predicted molar refractivity (Wildman–Crippen MR) is 187 cm³/mol. The minimum absolute atomic E-state index is 0.219. The number of nitrogens with one attached hydrogen (secondary N) is 2. The molecule has 2 bridgehead atoms. The highest BCUT2D eigenvalue weighted by molar-refractivity contribution is 9.10. The maximum Gasteiger partial charge on any atom is 0.418 e. The van der Waals surface area contributed by atoms with Gasteiger partial charge in [0.1, 0.15) is 5.75 Å². The number of hydrogen-bond acceptors (Lipinski definition) is 7. The van der Waals surface area contributed by atoms with Crippen LogP contribution in [0.5, 0.6) is 5.75 Å². The van der Waals surface area contributed by atoms with E-state index in [4.69, 9.17) is 27.9 Å². The number of anilines is 2. The Kier molecular flexibility index (Phi) is 8.41. The molecule has 50 heavy (non-hydrogen) atoms. The van der Waals surface area contributed by atoms with Crippen LogP contribution >= 0.6 is 62.2 Å². The lowest BCUT2D eigenvalue weighted by molar-refractivity contribution is -0.137. The molecule has 4 unspecified atom stereocenters. The fourth-order valence-electron chi connectivity index (χ4n) is 8.32. The lowest BCUT2D eigenvalue weighted by Crippen LogP contribution is -2.42. The van der Waals surface area contributed by atoms with Crippen molar-refractivity contribution in [3.8, 4) is 5.75 Å². The summed E-state index contributed by atoms with van der Waals surface area (Å²) in [5, 5.41) is 3.77. The molecule has 4 aromatic rings. The van der Waals surface area contributed by atoms with E-state index < -0.39 is 52.9 Å². The SMILES string of the molecule is O=C(COc1ccc(Br)cc1[C@H]1c2sc(=O)[nH]c2SC2C1[C@H]1C[C@@H]2C2C(=O)N(c3ccccc3C(F)(F)F)C(=O)C21)Nc1ccc(Cl)c(Cl)c1. The highest BCUT2D eigenvalue weighted by atomic mass is 79.9. The lowest BCUT2D eigenvalue weighted by Gasteiger charge is -2.43. The average Bonchev–Trinajstić information content (AvgIpc) is 3.80. The Balaban J connectivity index is 1.14. The largest absolute Gasteiger partial charge is 0.483 e. The summed E-state index contributed by atoms with van der Waals surface area (Å²) in [6, 6.07) is 14.7. The monoisotopic (exact) mass is 823 g/mol. The van der Waals surface area contributed by atoms with Crippen molar-refractivity contribution < 1.29 is 32.3 Å². The van der Waals surface area contributed by atoms with E-state index in [1.165, 1.54) is 30.0 Å². The van der Waals surface area contributed by atoms with Crippen molar-refractivity contribution in [1.29, 1.82) is 0 Å². The fourth-order valence-corrected chi connectivity index (χ4v) is 11.9. The molecule has 16 heteroatoms. The van der Waals surface area contributed by atoms with Crippen LogP contribution in [-0.4, -0.2) is 34.6 Å².